The van der Waals surface area contributed by atoms with Crippen LogP contribution in [0.15, 0.2) is 40.8 Å². The number of rotatable bonds is 4. The van der Waals surface area contributed by atoms with Crippen molar-refractivity contribution in [1.82, 2.24) is 5.43 Å². The van der Waals surface area contributed by atoms with Gasteiger partial charge in [0.15, 0.2) is 0 Å². The Morgan fingerprint density at radius 2 is 2.18 bits per heavy atom. The second kappa shape index (κ2) is 5.36. The SMILES string of the molecule is Cc1ccc(C(Cc2cccc(Cl)c2)NN)o1. The van der Waals surface area contributed by atoms with Crippen molar-refractivity contribution in [2.75, 3.05) is 0 Å². The van der Waals surface area contributed by atoms with Gasteiger partial charge < -0.3 is 4.42 Å². The molecule has 0 aliphatic rings. The van der Waals surface area contributed by atoms with Gasteiger partial charge in [0.1, 0.15) is 11.5 Å². The highest BCUT2D eigenvalue weighted by atomic mass is 35.5. The highest BCUT2D eigenvalue weighted by molar-refractivity contribution is 6.30. The lowest BCUT2D eigenvalue weighted by atomic mass is 10.0. The van der Waals surface area contributed by atoms with Gasteiger partial charge in [-0.3, -0.25) is 5.84 Å². The van der Waals surface area contributed by atoms with E-state index in [-0.39, 0.29) is 6.04 Å². The van der Waals surface area contributed by atoms with E-state index < -0.39 is 0 Å². The van der Waals surface area contributed by atoms with Crippen LogP contribution >= 0.6 is 11.6 Å². The first kappa shape index (κ1) is 12.2. The monoisotopic (exact) mass is 250 g/mol. The molecule has 0 fully saturated rings. The van der Waals surface area contributed by atoms with Crippen molar-refractivity contribution in [3.05, 3.63) is 58.5 Å². The van der Waals surface area contributed by atoms with E-state index in [2.05, 4.69) is 5.43 Å². The summed E-state index contributed by atoms with van der Waals surface area (Å²) in [6.07, 6.45) is 0.740. The molecular formula is C13H15ClN2O. The van der Waals surface area contributed by atoms with Gasteiger partial charge in [0, 0.05) is 5.02 Å². The topological polar surface area (TPSA) is 51.2 Å². The minimum atomic E-state index is -0.0397. The van der Waals surface area contributed by atoms with Gasteiger partial charge in [-0.25, -0.2) is 5.43 Å². The second-order valence-corrected chi connectivity index (χ2v) is 4.44. The van der Waals surface area contributed by atoms with E-state index in [0.29, 0.717) is 0 Å². The van der Waals surface area contributed by atoms with Crippen molar-refractivity contribution in [1.29, 1.82) is 0 Å². The summed E-state index contributed by atoms with van der Waals surface area (Å²) in [5.74, 6) is 7.28. The van der Waals surface area contributed by atoms with Crippen LogP contribution in [0.3, 0.4) is 0 Å². The molecule has 0 saturated heterocycles. The van der Waals surface area contributed by atoms with Crippen molar-refractivity contribution >= 4 is 11.6 Å². The minimum absolute atomic E-state index is 0.0397. The highest BCUT2D eigenvalue weighted by Crippen LogP contribution is 2.21. The number of hydrogen-bond acceptors (Lipinski definition) is 3. The first-order chi connectivity index (χ1) is 8.19. The Bertz CT molecular complexity index is 496. The Labute approximate surface area is 106 Å². The summed E-state index contributed by atoms with van der Waals surface area (Å²) in [6.45, 7) is 1.91. The maximum atomic E-state index is 5.95. The maximum Gasteiger partial charge on any atom is 0.122 e. The Balaban J connectivity index is 2.15. The fourth-order valence-corrected chi connectivity index (χ4v) is 1.99. The first-order valence-corrected chi connectivity index (χ1v) is 5.84. The van der Waals surface area contributed by atoms with E-state index in [1.54, 1.807) is 0 Å². The minimum Gasteiger partial charge on any atom is -0.465 e. The summed E-state index contributed by atoms with van der Waals surface area (Å²) in [7, 11) is 0. The molecule has 1 aromatic carbocycles. The number of nitrogens with two attached hydrogens (primary N) is 1. The standard InChI is InChI=1S/C13H15ClN2O/c1-9-5-6-13(17-9)12(16-15)8-10-3-2-4-11(14)7-10/h2-7,12,16H,8,15H2,1H3. The van der Waals surface area contributed by atoms with Crippen LogP contribution in [0, 0.1) is 6.92 Å². The summed E-state index contributed by atoms with van der Waals surface area (Å²) in [5, 5.41) is 0.730. The Morgan fingerprint density at radius 3 is 2.76 bits per heavy atom. The third-order valence-electron chi connectivity index (χ3n) is 2.63. The van der Waals surface area contributed by atoms with E-state index in [1.807, 2.05) is 43.3 Å². The van der Waals surface area contributed by atoms with Crippen LogP contribution in [-0.2, 0) is 6.42 Å². The molecule has 3 nitrogen and oxygen atoms in total. The summed E-state index contributed by atoms with van der Waals surface area (Å²) >= 11 is 5.95. The molecule has 2 aromatic rings. The maximum absolute atomic E-state index is 5.95. The number of halogens is 1. The van der Waals surface area contributed by atoms with Crippen LogP contribution in [0.25, 0.3) is 0 Å². The molecule has 0 spiro atoms. The molecule has 0 amide bonds. The molecule has 0 radical (unpaired) electrons. The van der Waals surface area contributed by atoms with E-state index in [4.69, 9.17) is 21.9 Å². The van der Waals surface area contributed by atoms with Gasteiger partial charge in [-0.05, 0) is 43.2 Å². The largest absolute Gasteiger partial charge is 0.465 e. The van der Waals surface area contributed by atoms with Crippen molar-refractivity contribution in [2.24, 2.45) is 5.84 Å². The lowest BCUT2D eigenvalue weighted by Gasteiger charge is -2.13. The van der Waals surface area contributed by atoms with Crippen LogP contribution in [0.1, 0.15) is 23.1 Å². The molecule has 17 heavy (non-hydrogen) atoms. The molecule has 0 aliphatic carbocycles. The molecule has 2 rings (SSSR count). The second-order valence-electron chi connectivity index (χ2n) is 4.00. The molecule has 0 aliphatic heterocycles. The molecule has 0 bridgehead atoms. The van der Waals surface area contributed by atoms with Gasteiger partial charge in [-0.15, -0.1) is 0 Å². The average Bonchev–Trinajstić information content (AvgIpc) is 2.73. The van der Waals surface area contributed by atoms with Gasteiger partial charge in [0.25, 0.3) is 0 Å². The predicted molar refractivity (Wildman–Crippen MR) is 68.7 cm³/mol. The van der Waals surface area contributed by atoms with Crippen LogP contribution in [0.4, 0.5) is 0 Å². The molecule has 1 atom stereocenters. The number of furan rings is 1. The molecule has 1 heterocycles. The molecular weight excluding hydrogens is 236 g/mol. The normalized spacial score (nSPS) is 12.6. The van der Waals surface area contributed by atoms with Crippen molar-refractivity contribution in [3.8, 4) is 0 Å². The summed E-state index contributed by atoms with van der Waals surface area (Å²) in [5.41, 5.74) is 3.88. The molecule has 1 unspecified atom stereocenters. The summed E-state index contributed by atoms with van der Waals surface area (Å²) < 4.78 is 5.56. The van der Waals surface area contributed by atoms with Gasteiger partial charge in [0.05, 0.1) is 6.04 Å². The lowest BCUT2D eigenvalue weighted by Crippen LogP contribution is -2.29. The highest BCUT2D eigenvalue weighted by Gasteiger charge is 2.14. The number of hydrogen-bond donors (Lipinski definition) is 2. The van der Waals surface area contributed by atoms with Crippen LogP contribution in [0.5, 0.6) is 0 Å². The Hall–Kier alpha value is -1.29. The average molecular weight is 251 g/mol. The van der Waals surface area contributed by atoms with E-state index in [0.717, 1.165) is 28.5 Å². The van der Waals surface area contributed by atoms with Crippen molar-refractivity contribution in [3.63, 3.8) is 0 Å². The Morgan fingerprint density at radius 1 is 1.35 bits per heavy atom. The van der Waals surface area contributed by atoms with E-state index in [1.165, 1.54) is 0 Å². The molecule has 90 valence electrons. The zero-order chi connectivity index (χ0) is 12.3. The number of aryl methyl sites for hydroxylation is 1. The Kier molecular flexibility index (Phi) is 3.84. The van der Waals surface area contributed by atoms with Gasteiger partial charge in [-0.1, -0.05) is 23.7 Å². The lowest BCUT2D eigenvalue weighted by molar-refractivity contribution is 0.403. The fraction of sp³-hybridized carbons (Fsp3) is 0.231. The van der Waals surface area contributed by atoms with E-state index >= 15 is 0 Å². The van der Waals surface area contributed by atoms with Gasteiger partial charge in [0.2, 0.25) is 0 Å². The molecule has 3 N–H and O–H groups in total. The fourth-order valence-electron chi connectivity index (χ4n) is 1.78. The number of benzene rings is 1. The number of nitrogens with one attached hydrogen (secondary N) is 1. The molecule has 1 aromatic heterocycles. The molecule has 0 saturated carbocycles. The third-order valence-corrected chi connectivity index (χ3v) is 2.87. The summed E-state index contributed by atoms with van der Waals surface area (Å²) in [6, 6.07) is 11.6. The van der Waals surface area contributed by atoms with Gasteiger partial charge >= 0.3 is 0 Å². The van der Waals surface area contributed by atoms with Crippen LogP contribution in [-0.4, -0.2) is 0 Å². The van der Waals surface area contributed by atoms with Crippen molar-refractivity contribution < 1.29 is 4.42 Å². The quantitative estimate of drug-likeness (QED) is 0.648. The van der Waals surface area contributed by atoms with Crippen molar-refractivity contribution in [2.45, 2.75) is 19.4 Å². The van der Waals surface area contributed by atoms with Crippen LogP contribution < -0.4 is 11.3 Å². The zero-order valence-corrected chi connectivity index (χ0v) is 10.4. The smallest absolute Gasteiger partial charge is 0.122 e. The summed E-state index contributed by atoms with van der Waals surface area (Å²) in [4.78, 5) is 0. The van der Waals surface area contributed by atoms with Gasteiger partial charge in [-0.2, -0.15) is 0 Å². The zero-order valence-electron chi connectivity index (χ0n) is 9.61. The van der Waals surface area contributed by atoms with E-state index in [9.17, 15) is 0 Å². The first-order valence-electron chi connectivity index (χ1n) is 5.46. The third kappa shape index (κ3) is 3.09. The predicted octanol–water partition coefficient (Wildman–Crippen LogP) is 2.99. The van der Waals surface area contributed by atoms with Crippen LogP contribution in [0.2, 0.25) is 5.02 Å². The number of hydrazine groups is 1. The molecule has 4 heteroatoms.